The lowest BCUT2D eigenvalue weighted by Crippen LogP contribution is -2.29. The van der Waals surface area contributed by atoms with Crippen LogP contribution in [0.25, 0.3) is 5.76 Å². The Balaban J connectivity index is 1.97. The number of ether oxygens (including phenoxy) is 4. The van der Waals surface area contributed by atoms with Crippen LogP contribution in [0.2, 0.25) is 0 Å². The molecule has 9 heteroatoms. The molecule has 0 aliphatic carbocycles. The van der Waals surface area contributed by atoms with Crippen molar-refractivity contribution < 1.29 is 38.7 Å². The Kier molecular flexibility index (Phi) is 7.47. The molecule has 1 fully saturated rings. The average Bonchev–Trinajstić information content (AvgIpc) is 3.17. The maximum Gasteiger partial charge on any atom is 0.300 e. The first-order valence-corrected chi connectivity index (χ1v) is 11.9. The summed E-state index contributed by atoms with van der Waals surface area (Å²) in [7, 11) is 4.35. The van der Waals surface area contributed by atoms with Crippen LogP contribution in [0, 0.1) is 0 Å². The van der Waals surface area contributed by atoms with Gasteiger partial charge in [0.25, 0.3) is 11.7 Å². The summed E-state index contributed by atoms with van der Waals surface area (Å²) >= 11 is 0. The molecule has 4 rings (SSSR count). The molecule has 1 amide bonds. The smallest absolute Gasteiger partial charge is 0.300 e. The van der Waals surface area contributed by atoms with E-state index in [1.165, 1.54) is 33.5 Å². The number of phenolic OH excluding ortho intramolecular Hbond substituents is 1. The van der Waals surface area contributed by atoms with Crippen LogP contribution >= 0.6 is 0 Å². The third-order valence-electron chi connectivity index (χ3n) is 6.09. The zero-order valence-electron chi connectivity index (χ0n) is 21.7. The first-order valence-electron chi connectivity index (χ1n) is 11.9. The number of carbonyl (C=O) groups is 2. The third kappa shape index (κ3) is 4.70. The minimum absolute atomic E-state index is 0.0432. The summed E-state index contributed by atoms with van der Waals surface area (Å²) in [5, 5.41) is 22.0. The van der Waals surface area contributed by atoms with Gasteiger partial charge >= 0.3 is 0 Å². The number of para-hydroxylation sites is 2. The molecule has 0 radical (unpaired) electrons. The van der Waals surface area contributed by atoms with Crippen LogP contribution in [0.5, 0.6) is 28.7 Å². The molecule has 0 aromatic heterocycles. The van der Waals surface area contributed by atoms with Crippen LogP contribution in [-0.4, -0.2) is 49.3 Å². The summed E-state index contributed by atoms with van der Waals surface area (Å²) < 4.78 is 22.1. The van der Waals surface area contributed by atoms with Gasteiger partial charge in [-0.25, -0.2) is 0 Å². The molecule has 1 aliphatic heterocycles. The number of Topliss-reactive ketones (excluding diaryl/α,β-unsaturated/α-hetero) is 1. The number of hydrogen-bond donors (Lipinski definition) is 2. The lowest BCUT2D eigenvalue weighted by Gasteiger charge is -2.27. The van der Waals surface area contributed by atoms with Gasteiger partial charge in [-0.3, -0.25) is 14.5 Å². The number of anilines is 1. The van der Waals surface area contributed by atoms with E-state index in [2.05, 4.69) is 0 Å². The summed E-state index contributed by atoms with van der Waals surface area (Å²) in [5.41, 5.74) is 0.648. The number of hydrogen-bond acceptors (Lipinski definition) is 8. The van der Waals surface area contributed by atoms with Gasteiger partial charge in [-0.1, -0.05) is 12.1 Å². The number of carbonyl (C=O) groups excluding carboxylic acids is 2. The van der Waals surface area contributed by atoms with Gasteiger partial charge in [-0.2, -0.15) is 0 Å². The number of amides is 1. The second kappa shape index (κ2) is 10.8. The number of benzene rings is 3. The molecular weight excluding hydrogens is 490 g/mol. The van der Waals surface area contributed by atoms with Crippen molar-refractivity contribution in [3.8, 4) is 28.7 Å². The number of nitrogens with zero attached hydrogens (tertiary/aromatic N) is 1. The Bertz CT molecular complexity index is 1370. The summed E-state index contributed by atoms with van der Waals surface area (Å²) in [6.07, 6.45) is -0.0432. The SMILES string of the molecule is COc1cc(C2/C(=C(\O)c3ccc(OC(C)C)cc3)C(=O)C(=O)N2c2ccccc2O)cc(OC)c1OC. The largest absolute Gasteiger partial charge is 0.507 e. The lowest BCUT2D eigenvalue weighted by atomic mass is 9.94. The fourth-order valence-corrected chi connectivity index (χ4v) is 4.44. The molecule has 1 aliphatic rings. The van der Waals surface area contributed by atoms with Crippen molar-refractivity contribution in [1.82, 2.24) is 0 Å². The van der Waals surface area contributed by atoms with E-state index in [9.17, 15) is 19.8 Å². The first kappa shape index (κ1) is 26.4. The number of rotatable bonds is 8. The van der Waals surface area contributed by atoms with Crippen molar-refractivity contribution in [3.05, 3.63) is 77.4 Å². The van der Waals surface area contributed by atoms with Crippen molar-refractivity contribution >= 4 is 23.1 Å². The van der Waals surface area contributed by atoms with Crippen LogP contribution in [0.15, 0.2) is 66.2 Å². The molecule has 0 bridgehead atoms. The molecule has 0 spiro atoms. The zero-order chi connectivity index (χ0) is 27.6. The van der Waals surface area contributed by atoms with Gasteiger partial charge in [0.05, 0.1) is 44.7 Å². The number of phenols is 1. The molecule has 3 aromatic rings. The molecule has 198 valence electrons. The monoisotopic (exact) mass is 519 g/mol. The number of methoxy groups -OCH3 is 3. The van der Waals surface area contributed by atoms with E-state index >= 15 is 0 Å². The number of aliphatic hydroxyl groups is 1. The first-order chi connectivity index (χ1) is 18.2. The van der Waals surface area contributed by atoms with E-state index in [-0.39, 0.29) is 28.9 Å². The van der Waals surface area contributed by atoms with Crippen molar-refractivity contribution in [2.75, 3.05) is 26.2 Å². The second-order valence-corrected chi connectivity index (χ2v) is 8.81. The summed E-state index contributed by atoms with van der Waals surface area (Å²) in [5.74, 6) is -0.914. The Labute approximate surface area is 220 Å². The Morgan fingerprint density at radius 3 is 2.03 bits per heavy atom. The molecule has 2 N–H and O–H groups in total. The number of aromatic hydroxyl groups is 1. The topological polar surface area (TPSA) is 115 Å². The Morgan fingerprint density at radius 2 is 1.50 bits per heavy atom. The second-order valence-electron chi connectivity index (χ2n) is 8.81. The number of ketones is 1. The summed E-state index contributed by atoms with van der Waals surface area (Å²) in [6, 6.07) is 14.8. The maximum absolute atomic E-state index is 13.4. The highest BCUT2D eigenvalue weighted by molar-refractivity contribution is 6.52. The minimum atomic E-state index is -1.12. The van der Waals surface area contributed by atoms with Crippen LogP contribution in [-0.2, 0) is 9.59 Å². The van der Waals surface area contributed by atoms with Crippen molar-refractivity contribution in [2.24, 2.45) is 0 Å². The average molecular weight is 520 g/mol. The zero-order valence-corrected chi connectivity index (χ0v) is 21.7. The molecule has 3 aromatic carbocycles. The molecule has 38 heavy (non-hydrogen) atoms. The molecule has 9 nitrogen and oxygen atoms in total. The summed E-state index contributed by atoms with van der Waals surface area (Å²) in [6.45, 7) is 3.79. The normalized spacial score (nSPS) is 16.6. The van der Waals surface area contributed by atoms with Crippen molar-refractivity contribution in [2.45, 2.75) is 26.0 Å². The fourth-order valence-electron chi connectivity index (χ4n) is 4.44. The Hall–Kier alpha value is -4.66. The lowest BCUT2D eigenvalue weighted by molar-refractivity contribution is -0.132. The van der Waals surface area contributed by atoms with Crippen LogP contribution < -0.4 is 23.8 Å². The van der Waals surface area contributed by atoms with Crippen molar-refractivity contribution in [1.29, 1.82) is 0 Å². The van der Waals surface area contributed by atoms with Crippen LogP contribution in [0.4, 0.5) is 5.69 Å². The van der Waals surface area contributed by atoms with E-state index in [0.29, 0.717) is 34.1 Å². The van der Waals surface area contributed by atoms with Gasteiger partial charge in [0.15, 0.2) is 11.5 Å². The molecular formula is C29H29NO8. The maximum atomic E-state index is 13.4. The fraction of sp³-hybridized carbons (Fsp3) is 0.241. The molecule has 1 unspecified atom stereocenters. The summed E-state index contributed by atoms with van der Waals surface area (Å²) in [4.78, 5) is 28.0. The van der Waals surface area contributed by atoms with Crippen LogP contribution in [0.3, 0.4) is 0 Å². The highest BCUT2D eigenvalue weighted by Gasteiger charge is 2.48. The highest BCUT2D eigenvalue weighted by Crippen LogP contribution is 2.48. The van der Waals surface area contributed by atoms with Crippen LogP contribution in [0.1, 0.15) is 31.0 Å². The van der Waals surface area contributed by atoms with E-state index < -0.39 is 17.7 Å². The third-order valence-corrected chi connectivity index (χ3v) is 6.09. The molecule has 1 heterocycles. The van der Waals surface area contributed by atoms with E-state index in [0.717, 1.165) is 4.90 Å². The van der Waals surface area contributed by atoms with E-state index in [4.69, 9.17) is 18.9 Å². The van der Waals surface area contributed by atoms with E-state index in [1.54, 1.807) is 48.5 Å². The number of aliphatic hydroxyl groups excluding tert-OH is 1. The molecule has 1 atom stereocenters. The highest BCUT2D eigenvalue weighted by atomic mass is 16.5. The van der Waals surface area contributed by atoms with Gasteiger partial charge in [0.2, 0.25) is 5.75 Å². The van der Waals surface area contributed by atoms with Gasteiger partial charge in [0.1, 0.15) is 17.3 Å². The van der Waals surface area contributed by atoms with Crippen molar-refractivity contribution in [3.63, 3.8) is 0 Å². The van der Waals surface area contributed by atoms with Gasteiger partial charge in [-0.15, -0.1) is 0 Å². The van der Waals surface area contributed by atoms with Gasteiger partial charge < -0.3 is 29.2 Å². The van der Waals surface area contributed by atoms with Gasteiger partial charge in [-0.05, 0) is 67.9 Å². The quantitative estimate of drug-likeness (QED) is 0.247. The Morgan fingerprint density at radius 1 is 0.895 bits per heavy atom. The predicted octanol–water partition coefficient (Wildman–Crippen LogP) is 4.83. The molecule has 1 saturated heterocycles. The van der Waals surface area contributed by atoms with Gasteiger partial charge in [0, 0.05) is 5.56 Å². The predicted molar refractivity (Wildman–Crippen MR) is 141 cm³/mol. The van der Waals surface area contributed by atoms with E-state index in [1.807, 2.05) is 13.8 Å². The standard InChI is InChI=1S/C29H29NO8/c1-16(2)38-19-12-10-17(11-13-19)26(32)24-25(18-14-22(35-3)28(37-5)23(15-18)36-4)30(29(34)27(24)33)20-8-6-7-9-21(20)31/h6-16,25,31-32H,1-5H3/b26-24+. The minimum Gasteiger partial charge on any atom is -0.507 e. The molecule has 0 saturated carbocycles.